The molecule has 18 heavy (non-hydrogen) atoms. The molecular weight excluding hydrogens is 231 g/mol. The summed E-state index contributed by atoms with van der Waals surface area (Å²) in [6, 6.07) is 6.34. The fraction of sp³-hybridized carbons (Fsp3) is 0.500. The summed E-state index contributed by atoms with van der Waals surface area (Å²) in [4.78, 5) is 11.6. The lowest BCUT2D eigenvalue weighted by atomic mass is 10.0. The maximum Gasteiger partial charge on any atom is 0.234 e. The highest BCUT2D eigenvalue weighted by atomic mass is 19.1. The zero-order valence-electron chi connectivity index (χ0n) is 11.2. The third-order valence-corrected chi connectivity index (χ3v) is 2.87. The van der Waals surface area contributed by atoms with Crippen LogP contribution in [0.1, 0.15) is 32.8 Å². The molecule has 0 aromatic heterocycles. The maximum absolute atomic E-state index is 12.9. The number of rotatable bonds is 6. The maximum atomic E-state index is 12.9. The normalized spacial score (nSPS) is 11.3. The van der Waals surface area contributed by atoms with E-state index in [1.807, 2.05) is 26.8 Å². The first-order chi connectivity index (χ1) is 8.43. The van der Waals surface area contributed by atoms with Crippen LogP contribution in [0.25, 0.3) is 0 Å². The third kappa shape index (κ3) is 5.27. The van der Waals surface area contributed by atoms with Crippen LogP contribution in [0.2, 0.25) is 0 Å². The Labute approximate surface area is 108 Å². The Morgan fingerprint density at radius 1 is 1.39 bits per heavy atom. The summed E-state index contributed by atoms with van der Waals surface area (Å²) >= 11 is 0. The van der Waals surface area contributed by atoms with Crippen LogP contribution >= 0.6 is 0 Å². The molecule has 100 valence electrons. The number of nitrogens with one attached hydrogen (secondary N) is 2. The van der Waals surface area contributed by atoms with Crippen molar-refractivity contribution in [2.45, 2.75) is 39.3 Å². The smallest absolute Gasteiger partial charge is 0.234 e. The molecule has 0 spiro atoms. The Hall–Kier alpha value is -1.42. The second-order valence-corrected chi connectivity index (χ2v) is 5.02. The van der Waals surface area contributed by atoms with Gasteiger partial charge < -0.3 is 10.6 Å². The van der Waals surface area contributed by atoms with E-state index >= 15 is 0 Å². The number of halogens is 1. The summed E-state index contributed by atoms with van der Waals surface area (Å²) in [7, 11) is 0. The number of carbonyl (C=O) groups excluding carboxylic acids is 1. The van der Waals surface area contributed by atoms with E-state index in [-0.39, 0.29) is 23.8 Å². The van der Waals surface area contributed by atoms with Crippen LogP contribution in [0.5, 0.6) is 0 Å². The summed E-state index contributed by atoms with van der Waals surface area (Å²) < 4.78 is 12.9. The van der Waals surface area contributed by atoms with Gasteiger partial charge in [-0.3, -0.25) is 4.79 Å². The molecule has 2 N–H and O–H groups in total. The molecule has 1 aromatic rings. The molecule has 0 aliphatic rings. The molecule has 0 fully saturated rings. The van der Waals surface area contributed by atoms with E-state index in [1.54, 1.807) is 6.07 Å². The minimum Gasteiger partial charge on any atom is -0.350 e. The minimum absolute atomic E-state index is 0.0433. The zero-order valence-corrected chi connectivity index (χ0v) is 11.2. The van der Waals surface area contributed by atoms with Gasteiger partial charge in [-0.15, -0.1) is 0 Å². The van der Waals surface area contributed by atoms with E-state index in [0.29, 0.717) is 6.54 Å². The third-order valence-electron chi connectivity index (χ3n) is 2.87. The molecule has 0 aliphatic carbocycles. The van der Waals surface area contributed by atoms with E-state index < -0.39 is 0 Å². The number of benzene rings is 1. The second kappa shape index (κ2) is 6.50. The summed E-state index contributed by atoms with van der Waals surface area (Å²) in [6.07, 6.45) is 0.878. The van der Waals surface area contributed by atoms with Crippen LogP contribution in [0, 0.1) is 5.82 Å². The number of hydrogen-bond acceptors (Lipinski definition) is 2. The first-order valence-corrected chi connectivity index (χ1v) is 6.19. The summed E-state index contributed by atoms with van der Waals surface area (Å²) in [5.41, 5.74) is 0.648. The van der Waals surface area contributed by atoms with Gasteiger partial charge in [-0.05, 0) is 38.0 Å². The van der Waals surface area contributed by atoms with Crippen LogP contribution in [0.4, 0.5) is 4.39 Å². The molecule has 0 aliphatic heterocycles. The van der Waals surface area contributed by atoms with Gasteiger partial charge in [-0.1, -0.05) is 19.1 Å². The van der Waals surface area contributed by atoms with Gasteiger partial charge in [0, 0.05) is 12.1 Å². The molecule has 0 heterocycles. The summed E-state index contributed by atoms with van der Waals surface area (Å²) in [5.74, 6) is -0.302. The first kappa shape index (κ1) is 14.6. The quantitative estimate of drug-likeness (QED) is 0.815. The molecule has 1 aromatic carbocycles. The van der Waals surface area contributed by atoms with E-state index in [9.17, 15) is 9.18 Å². The van der Waals surface area contributed by atoms with E-state index in [0.717, 1.165) is 12.0 Å². The molecular formula is C14H21FN2O. The second-order valence-electron chi connectivity index (χ2n) is 5.02. The molecule has 0 saturated carbocycles. The Balaban J connectivity index is 2.32. The fourth-order valence-electron chi connectivity index (χ4n) is 1.48. The number of carbonyl (C=O) groups is 1. The van der Waals surface area contributed by atoms with Crippen molar-refractivity contribution >= 4 is 5.91 Å². The predicted molar refractivity (Wildman–Crippen MR) is 70.6 cm³/mol. The minimum atomic E-state index is -0.258. The summed E-state index contributed by atoms with van der Waals surface area (Å²) in [5, 5.41) is 5.92. The Kier molecular flexibility index (Phi) is 5.28. The van der Waals surface area contributed by atoms with Crippen LogP contribution in [-0.2, 0) is 11.3 Å². The van der Waals surface area contributed by atoms with Crippen molar-refractivity contribution in [3.05, 3.63) is 35.6 Å². The molecule has 3 nitrogen and oxygen atoms in total. The SMILES string of the molecule is CCC(C)(C)NC(=O)CNCc1cccc(F)c1. The van der Waals surface area contributed by atoms with Crippen molar-refractivity contribution in [2.24, 2.45) is 0 Å². The molecule has 1 amide bonds. The average Bonchev–Trinajstić information content (AvgIpc) is 2.28. The molecule has 0 saturated heterocycles. The van der Waals surface area contributed by atoms with Crippen LogP contribution in [0.15, 0.2) is 24.3 Å². The molecule has 0 atom stereocenters. The topological polar surface area (TPSA) is 41.1 Å². The average molecular weight is 252 g/mol. The lowest BCUT2D eigenvalue weighted by Gasteiger charge is -2.24. The van der Waals surface area contributed by atoms with Crippen molar-refractivity contribution in [1.29, 1.82) is 0 Å². The summed E-state index contributed by atoms with van der Waals surface area (Å²) in [6.45, 7) is 6.72. The molecule has 4 heteroatoms. The molecule has 0 unspecified atom stereocenters. The van der Waals surface area contributed by atoms with E-state index in [1.165, 1.54) is 12.1 Å². The van der Waals surface area contributed by atoms with Crippen molar-refractivity contribution < 1.29 is 9.18 Å². The van der Waals surface area contributed by atoms with E-state index in [2.05, 4.69) is 10.6 Å². The lowest BCUT2D eigenvalue weighted by molar-refractivity contribution is -0.121. The van der Waals surface area contributed by atoms with Gasteiger partial charge in [0.1, 0.15) is 5.82 Å². The van der Waals surface area contributed by atoms with Gasteiger partial charge in [0.05, 0.1) is 6.54 Å². The Morgan fingerprint density at radius 2 is 2.11 bits per heavy atom. The van der Waals surface area contributed by atoms with Crippen molar-refractivity contribution in [3.8, 4) is 0 Å². The van der Waals surface area contributed by atoms with Crippen molar-refractivity contribution in [1.82, 2.24) is 10.6 Å². The fourth-order valence-corrected chi connectivity index (χ4v) is 1.48. The van der Waals surface area contributed by atoms with Crippen molar-refractivity contribution in [3.63, 3.8) is 0 Å². The monoisotopic (exact) mass is 252 g/mol. The Bertz CT molecular complexity index is 405. The van der Waals surface area contributed by atoms with Gasteiger partial charge in [-0.25, -0.2) is 4.39 Å². The molecule has 1 rings (SSSR count). The number of hydrogen-bond donors (Lipinski definition) is 2. The Morgan fingerprint density at radius 3 is 2.72 bits per heavy atom. The van der Waals surface area contributed by atoms with E-state index in [4.69, 9.17) is 0 Å². The number of amides is 1. The van der Waals surface area contributed by atoms with Crippen LogP contribution in [-0.4, -0.2) is 18.0 Å². The standard InChI is InChI=1S/C14H21FN2O/c1-4-14(2,3)17-13(18)10-16-9-11-6-5-7-12(15)8-11/h5-8,16H,4,9-10H2,1-3H3,(H,17,18). The lowest BCUT2D eigenvalue weighted by Crippen LogP contribution is -2.46. The molecule has 0 bridgehead atoms. The highest BCUT2D eigenvalue weighted by molar-refractivity contribution is 5.78. The zero-order chi connectivity index (χ0) is 13.6. The largest absolute Gasteiger partial charge is 0.350 e. The van der Waals surface area contributed by atoms with Crippen LogP contribution < -0.4 is 10.6 Å². The molecule has 0 radical (unpaired) electrons. The van der Waals surface area contributed by atoms with Crippen LogP contribution in [0.3, 0.4) is 0 Å². The predicted octanol–water partition coefficient (Wildman–Crippen LogP) is 2.22. The van der Waals surface area contributed by atoms with Gasteiger partial charge in [0.15, 0.2) is 0 Å². The van der Waals surface area contributed by atoms with Gasteiger partial charge in [0.2, 0.25) is 5.91 Å². The van der Waals surface area contributed by atoms with Gasteiger partial charge in [-0.2, -0.15) is 0 Å². The highest BCUT2D eigenvalue weighted by Gasteiger charge is 2.16. The first-order valence-electron chi connectivity index (χ1n) is 6.19. The van der Waals surface area contributed by atoms with Gasteiger partial charge >= 0.3 is 0 Å². The van der Waals surface area contributed by atoms with Gasteiger partial charge in [0.25, 0.3) is 0 Å². The highest BCUT2D eigenvalue weighted by Crippen LogP contribution is 2.06. The van der Waals surface area contributed by atoms with Crippen molar-refractivity contribution in [2.75, 3.05) is 6.54 Å².